The molecule has 0 heterocycles. The van der Waals surface area contributed by atoms with Crippen molar-refractivity contribution in [3.63, 3.8) is 0 Å². The van der Waals surface area contributed by atoms with E-state index < -0.39 is 5.97 Å². The zero-order valence-electron chi connectivity index (χ0n) is 12.9. The topological polar surface area (TPSA) is 66.4 Å². The second-order valence-electron chi connectivity index (χ2n) is 6.70. The van der Waals surface area contributed by atoms with E-state index in [1.165, 1.54) is 11.1 Å². The number of hydrogen-bond donors (Lipinski definition) is 2. The molecule has 1 amide bonds. The zero-order valence-corrected chi connectivity index (χ0v) is 12.9. The molecule has 22 heavy (non-hydrogen) atoms. The molecule has 0 radical (unpaired) electrons. The number of aryl methyl sites for hydroxylation is 1. The third kappa shape index (κ3) is 3.16. The molecule has 2 atom stereocenters. The van der Waals surface area contributed by atoms with Gasteiger partial charge in [-0.2, -0.15) is 0 Å². The molecule has 0 saturated heterocycles. The van der Waals surface area contributed by atoms with Crippen molar-refractivity contribution in [3.05, 3.63) is 35.4 Å². The molecular formula is C18H23NO3. The summed E-state index contributed by atoms with van der Waals surface area (Å²) in [6.45, 7) is 2.09. The number of amides is 1. The van der Waals surface area contributed by atoms with E-state index >= 15 is 0 Å². The number of carbonyl (C=O) groups is 2. The van der Waals surface area contributed by atoms with E-state index in [4.69, 9.17) is 5.11 Å². The quantitative estimate of drug-likeness (QED) is 0.898. The fourth-order valence-corrected chi connectivity index (χ4v) is 3.62. The number of carbonyl (C=O) groups excluding carboxylic acids is 1. The Morgan fingerprint density at radius 2 is 1.82 bits per heavy atom. The van der Waals surface area contributed by atoms with Gasteiger partial charge in [-0.1, -0.05) is 24.3 Å². The van der Waals surface area contributed by atoms with Gasteiger partial charge in [0, 0.05) is 12.0 Å². The zero-order chi connectivity index (χ0) is 15.7. The average molecular weight is 301 g/mol. The molecule has 2 aliphatic carbocycles. The van der Waals surface area contributed by atoms with Crippen LogP contribution in [0.1, 0.15) is 49.1 Å². The molecule has 0 bridgehead atoms. The summed E-state index contributed by atoms with van der Waals surface area (Å²) in [6.07, 6.45) is 3.84. The molecule has 0 spiro atoms. The minimum absolute atomic E-state index is 0.0956. The molecule has 1 aromatic rings. The van der Waals surface area contributed by atoms with E-state index in [2.05, 4.69) is 24.4 Å². The average Bonchev–Trinajstić information content (AvgIpc) is 3.28. The van der Waals surface area contributed by atoms with Crippen molar-refractivity contribution in [2.75, 3.05) is 0 Å². The highest BCUT2D eigenvalue weighted by molar-refractivity contribution is 5.83. The van der Waals surface area contributed by atoms with Crippen LogP contribution in [0.2, 0.25) is 0 Å². The second-order valence-corrected chi connectivity index (χ2v) is 6.70. The summed E-state index contributed by atoms with van der Waals surface area (Å²) in [5, 5.41) is 12.1. The number of aliphatic carboxylic acids is 1. The Morgan fingerprint density at radius 3 is 2.45 bits per heavy atom. The van der Waals surface area contributed by atoms with Crippen LogP contribution in [0.25, 0.3) is 0 Å². The van der Waals surface area contributed by atoms with Gasteiger partial charge in [-0.3, -0.25) is 9.59 Å². The molecule has 4 heteroatoms. The predicted octanol–water partition coefficient (Wildman–Crippen LogP) is 2.86. The number of hydrogen-bond acceptors (Lipinski definition) is 2. The maximum absolute atomic E-state index is 12.4. The third-order valence-electron chi connectivity index (χ3n) is 5.14. The fraction of sp³-hybridized carbons (Fsp3) is 0.556. The van der Waals surface area contributed by atoms with Crippen molar-refractivity contribution >= 4 is 11.9 Å². The highest BCUT2D eigenvalue weighted by atomic mass is 16.4. The maximum atomic E-state index is 12.4. The molecule has 3 rings (SSSR count). The van der Waals surface area contributed by atoms with Crippen molar-refractivity contribution in [1.82, 2.24) is 5.32 Å². The van der Waals surface area contributed by atoms with E-state index in [0.717, 1.165) is 19.3 Å². The lowest BCUT2D eigenvalue weighted by atomic mass is 9.86. The number of carboxylic acids is 1. The Morgan fingerprint density at radius 1 is 1.14 bits per heavy atom. The third-order valence-corrected chi connectivity index (χ3v) is 5.14. The lowest BCUT2D eigenvalue weighted by molar-refractivity contribution is -0.142. The summed E-state index contributed by atoms with van der Waals surface area (Å²) < 4.78 is 0. The van der Waals surface area contributed by atoms with Crippen LogP contribution in [0.4, 0.5) is 0 Å². The van der Waals surface area contributed by atoms with E-state index in [-0.39, 0.29) is 23.8 Å². The minimum Gasteiger partial charge on any atom is -0.481 e. The van der Waals surface area contributed by atoms with Gasteiger partial charge in [-0.15, -0.1) is 0 Å². The van der Waals surface area contributed by atoms with Gasteiger partial charge in [-0.25, -0.2) is 0 Å². The molecule has 4 nitrogen and oxygen atoms in total. The van der Waals surface area contributed by atoms with Gasteiger partial charge in [0.25, 0.3) is 0 Å². The Hall–Kier alpha value is -1.84. The predicted molar refractivity (Wildman–Crippen MR) is 83.6 cm³/mol. The number of nitrogens with one attached hydrogen (secondary N) is 1. The van der Waals surface area contributed by atoms with E-state index in [1.807, 2.05) is 12.1 Å². The smallest absolute Gasteiger partial charge is 0.306 e. The van der Waals surface area contributed by atoms with Crippen molar-refractivity contribution in [3.8, 4) is 0 Å². The Balaban J connectivity index is 1.50. The summed E-state index contributed by atoms with van der Waals surface area (Å²) in [7, 11) is 0. The van der Waals surface area contributed by atoms with E-state index in [0.29, 0.717) is 18.8 Å². The molecule has 2 fully saturated rings. The largest absolute Gasteiger partial charge is 0.481 e. The molecule has 2 saturated carbocycles. The van der Waals surface area contributed by atoms with Crippen LogP contribution in [-0.2, 0) is 9.59 Å². The SMILES string of the molecule is Cc1ccccc1C1CC1C(=O)NC1CCC(C(=O)O)CC1. The summed E-state index contributed by atoms with van der Waals surface area (Å²) in [6, 6.07) is 8.42. The first kappa shape index (κ1) is 15.1. The van der Waals surface area contributed by atoms with Crippen LogP contribution in [-0.4, -0.2) is 23.0 Å². The summed E-state index contributed by atoms with van der Waals surface area (Å²) >= 11 is 0. The van der Waals surface area contributed by atoms with Gasteiger partial charge < -0.3 is 10.4 Å². The minimum atomic E-state index is -0.702. The van der Waals surface area contributed by atoms with Crippen molar-refractivity contribution in [2.24, 2.45) is 11.8 Å². The van der Waals surface area contributed by atoms with Crippen LogP contribution < -0.4 is 5.32 Å². The van der Waals surface area contributed by atoms with E-state index in [1.54, 1.807) is 0 Å². The second kappa shape index (κ2) is 6.11. The maximum Gasteiger partial charge on any atom is 0.306 e. The number of carboxylic acid groups (broad SMARTS) is 1. The Kier molecular flexibility index (Phi) is 4.19. The molecule has 1 aromatic carbocycles. The van der Waals surface area contributed by atoms with Gasteiger partial charge in [0.2, 0.25) is 5.91 Å². The summed E-state index contributed by atoms with van der Waals surface area (Å²) in [4.78, 5) is 23.3. The van der Waals surface area contributed by atoms with Crippen molar-refractivity contribution in [1.29, 1.82) is 0 Å². The van der Waals surface area contributed by atoms with Crippen LogP contribution >= 0.6 is 0 Å². The van der Waals surface area contributed by atoms with Crippen molar-refractivity contribution in [2.45, 2.75) is 51.0 Å². The lowest BCUT2D eigenvalue weighted by Crippen LogP contribution is -2.39. The molecule has 2 N–H and O–H groups in total. The van der Waals surface area contributed by atoms with E-state index in [9.17, 15) is 9.59 Å². The fourth-order valence-electron chi connectivity index (χ4n) is 3.62. The van der Waals surface area contributed by atoms with Gasteiger partial charge in [0.05, 0.1) is 5.92 Å². The van der Waals surface area contributed by atoms with Crippen LogP contribution in [0.15, 0.2) is 24.3 Å². The van der Waals surface area contributed by atoms with Crippen LogP contribution in [0, 0.1) is 18.8 Å². The normalized spacial score (nSPS) is 30.6. The first-order valence-electron chi connectivity index (χ1n) is 8.15. The monoisotopic (exact) mass is 301 g/mol. The van der Waals surface area contributed by atoms with Crippen LogP contribution in [0.5, 0.6) is 0 Å². The van der Waals surface area contributed by atoms with Crippen molar-refractivity contribution < 1.29 is 14.7 Å². The first-order chi connectivity index (χ1) is 10.6. The Labute approximate surface area is 130 Å². The molecule has 0 aliphatic heterocycles. The lowest BCUT2D eigenvalue weighted by Gasteiger charge is -2.26. The molecule has 2 unspecified atom stereocenters. The molecule has 118 valence electrons. The summed E-state index contributed by atoms with van der Waals surface area (Å²) in [5.74, 6) is -0.331. The van der Waals surface area contributed by atoms with Gasteiger partial charge in [-0.05, 0) is 56.1 Å². The molecule has 2 aliphatic rings. The van der Waals surface area contributed by atoms with Crippen LogP contribution in [0.3, 0.4) is 0 Å². The van der Waals surface area contributed by atoms with Gasteiger partial charge in [0.1, 0.15) is 0 Å². The molecule has 0 aromatic heterocycles. The van der Waals surface area contributed by atoms with Gasteiger partial charge in [0.15, 0.2) is 0 Å². The van der Waals surface area contributed by atoms with Gasteiger partial charge >= 0.3 is 5.97 Å². The number of benzene rings is 1. The highest BCUT2D eigenvalue weighted by Crippen LogP contribution is 2.48. The number of rotatable bonds is 4. The molecular weight excluding hydrogens is 278 g/mol. The standard InChI is InChI=1S/C18H23NO3/c1-11-4-2-3-5-14(11)15-10-16(15)17(20)19-13-8-6-12(7-9-13)18(21)22/h2-5,12-13,15-16H,6-10H2,1H3,(H,19,20)(H,21,22). The first-order valence-corrected chi connectivity index (χ1v) is 8.15. The highest BCUT2D eigenvalue weighted by Gasteiger charge is 2.45. The summed E-state index contributed by atoms with van der Waals surface area (Å²) in [5.41, 5.74) is 2.54. The Bertz CT molecular complexity index is 575.